The van der Waals surface area contributed by atoms with Crippen LogP contribution in [0.1, 0.15) is 18.5 Å². The van der Waals surface area contributed by atoms with E-state index in [4.69, 9.17) is 0 Å². The van der Waals surface area contributed by atoms with Crippen molar-refractivity contribution in [3.05, 3.63) is 54.2 Å². The fourth-order valence-corrected chi connectivity index (χ4v) is 1.78. The van der Waals surface area contributed by atoms with Gasteiger partial charge >= 0.3 is 6.18 Å². The van der Waals surface area contributed by atoms with Crippen molar-refractivity contribution in [2.24, 2.45) is 0 Å². The second-order valence-electron chi connectivity index (χ2n) is 4.57. The van der Waals surface area contributed by atoms with E-state index < -0.39 is 12.8 Å². The van der Waals surface area contributed by atoms with E-state index in [-0.39, 0.29) is 11.9 Å². The Morgan fingerprint density at radius 3 is 2.43 bits per heavy atom. The summed E-state index contributed by atoms with van der Waals surface area (Å²) in [5, 5.41) is 3.22. The van der Waals surface area contributed by atoms with Gasteiger partial charge in [0.1, 0.15) is 0 Å². The van der Waals surface area contributed by atoms with E-state index in [0.717, 1.165) is 5.56 Å². The van der Waals surface area contributed by atoms with E-state index in [1.807, 2.05) is 37.3 Å². The van der Waals surface area contributed by atoms with E-state index in [2.05, 4.69) is 15.0 Å². The van der Waals surface area contributed by atoms with E-state index in [0.29, 0.717) is 5.69 Å². The van der Waals surface area contributed by atoms with Gasteiger partial charge in [-0.05, 0) is 18.6 Å². The third-order valence-corrected chi connectivity index (χ3v) is 2.80. The Hall–Kier alpha value is -2.24. The highest BCUT2D eigenvalue weighted by Crippen LogP contribution is 2.21. The molecule has 21 heavy (non-hydrogen) atoms. The lowest BCUT2D eigenvalue weighted by molar-refractivity contribution is -0.154. The topological polar surface area (TPSA) is 34.1 Å². The highest BCUT2D eigenvalue weighted by molar-refractivity contribution is 5.44. The van der Waals surface area contributed by atoms with Gasteiger partial charge in [0.15, 0.2) is 6.61 Å². The molecular formula is C15H15F3N2O. The van der Waals surface area contributed by atoms with E-state index in [1.54, 1.807) is 6.07 Å². The van der Waals surface area contributed by atoms with Crippen LogP contribution in [0.15, 0.2) is 48.7 Å². The highest BCUT2D eigenvalue weighted by Gasteiger charge is 2.28. The molecule has 0 spiro atoms. The maximum Gasteiger partial charge on any atom is 0.422 e. The second kappa shape index (κ2) is 6.47. The third kappa shape index (κ3) is 4.98. The van der Waals surface area contributed by atoms with Crippen molar-refractivity contribution < 1.29 is 17.9 Å². The van der Waals surface area contributed by atoms with Crippen molar-refractivity contribution in [3.8, 4) is 5.88 Å². The summed E-state index contributed by atoms with van der Waals surface area (Å²) in [5.74, 6) is -0.0507. The quantitative estimate of drug-likeness (QED) is 0.898. The molecule has 1 aromatic heterocycles. The van der Waals surface area contributed by atoms with Crippen LogP contribution in [0.25, 0.3) is 0 Å². The normalized spacial score (nSPS) is 12.8. The number of rotatable bonds is 5. The molecule has 3 nitrogen and oxygen atoms in total. The Bertz CT molecular complexity index is 555. The molecule has 0 bridgehead atoms. The largest absolute Gasteiger partial charge is 0.468 e. The number of nitrogens with zero attached hydrogens (tertiary/aromatic N) is 1. The van der Waals surface area contributed by atoms with Gasteiger partial charge in [0.25, 0.3) is 0 Å². The molecule has 1 heterocycles. The number of ether oxygens (including phenoxy) is 1. The van der Waals surface area contributed by atoms with Gasteiger partial charge in [0, 0.05) is 12.1 Å². The van der Waals surface area contributed by atoms with E-state index in [1.165, 1.54) is 12.3 Å². The number of pyridine rings is 1. The zero-order valence-electron chi connectivity index (χ0n) is 11.4. The summed E-state index contributed by atoms with van der Waals surface area (Å²) >= 11 is 0. The Kier molecular flexibility index (Phi) is 4.67. The minimum Gasteiger partial charge on any atom is -0.468 e. The van der Waals surface area contributed by atoms with Gasteiger partial charge in [-0.1, -0.05) is 30.3 Å². The minimum absolute atomic E-state index is 0.0507. The summed E-state index contributed by atoms with van der Waals surface area (Å²) in [4.78, 5) is 3.84. The van der Waals surface area contributed by atoms with Crippen LogP contribution in [0.5, 0.6) is 5.88 Å². The van der Waals surface area contributed by atoms with Crippen LogP contribution in [0.3, 0.4) is 0 Å². The molecule has 0 aliphatic carbocycles. The standard InChI is InChI=1S/C15H15F3N2O/c1-11(12-5-3-2-4-6-12)20-13-7-8-14(19-9-13)21-10-15(16,17)18/h2-9,11,20H,10H2,1H3. The molecule has 1 N–H and O–H groups in total. The lowest BCUT2D eigenvalue weighted by atomic mass is 10.1. The van der Waals surface area contributed by atoms with Crippen molar-refractivity contribution >= 4 is 5.69 Å². The predicted octanol–water partition coefficient (Wildman–Crippen LogP) is 4.20. The van der Waals surface area contributed by atoms with Crippen LogP contribution >= 0.6 is 0 Å². The zero-order valence-corrected chi connectivity index (χ0v) is 11.4. The molecule has 1 atom stereocenters. The molecule has 0 aliphatic heterocycles. The fourth-order valence-electron chi connectivity index (χ4n) is 1.78. The molecule has 1 aromatic carbocycles. The average molecular weight is 296 g/mol. The first kappa shape index (κ1) is 15.2. The number of nitrogens with one attached hydrogen (secondary N) is 1. The van der Waals surface area contributed by atoms with Gasteiger partial charge in [-0.15, -0.1) is 0 Å². The number of benzene rings is 1. The van der Waals surface area contributed by atoms with E-state index in [9.17, 15) is 13.2 Å². The van der Waals surface area contributed by atoms with Gasteiger partial charge < -0.3 is 10.1 Å². The first-order valence-corrected chi connectivity index (χ1v) is 6.41. The summed E-state index contributed by atoms with van der Waals surface area (Å²) < 4.78 is 40.6. The van der Waals surface area contributed by atoms with Crippen LogP contribution < -0.4 is 10.1 Å². The first-order chi connectivity index (χ1) is 9.94. The van der Waals surface area contributed by atoms with Crippen molar-refractivity contribution in [2.45, 2.75) is 19.1 Å². The molecule has 6 heteroatoms. The van der Waals surface area contributed by atoms with Crippen LogP contribution in [0.4, 0.5) is 18.9 Å². The summed E-state index contributed by atoms with van der Waals surface area (Å²) in [6, 6.07) is 12.9. The molecule has 0 fully saturated rings. The lowest BCUT2D eigenvalue weighted by Gasteiger charge is -2.15. The Morgan fingerprint density at radius 2 is 1.86 bits per heavy atom. The second-order valence-corrected chi connectivity index (χ2v) is 4.57. The number of halogens is 3. The molecule has 0 saturated heterocycles. The number of alkyl halides is 3. The lowest BCUT2D eigenvalue weighted by Crippen LogP contribution is -2.19. The average Bonchev–Trinajstić information content (AvgIpc) is 2.46. The predicted molar refractivity (Wildman–Crippen MR) is 74.3 cm³/mol. The summed E-state index contributed by atoms with van der Waals surface area (Å²) in [7, 11) is 0. The monoisotopic (exact) mass is 296 g/mol. The molecule has 1 unspecified atom stereocenters. The van der Waals surface area contributed by atoms with Gasteiger partial charge in [0.05, 0.1) is 11.9 Å². The van der Waals surface area contributed by atoms with Crippen LogP contribution in [0, 0.1) is 0 Å². The number of hydrogen-bond acceptors (Lipinski definition) is 3. The summed E-state index contributed by atoms with van der Waals surface area (Å²) in [5.41, 5.74) is 1.82. The highest BCUT2D eigenvalue weighted by atomic mass is 19.4. The van der Waals surface area contributed by atoms with Gasteiger partial charge in [-0.3, -0.25) is 0 Å². The van der Waals surface area contributed by atoms with Crippen LogP contribution in [0.2, 0.25) is 0 Å². The maximum atomic E-state index is 12.0. The van der Waals surface area contributed by atoms with Crippen molar-refractivity contribution in [1.29, 1.82) is 0 Å². The number of aromatic nitrogens is 1. The number of hydrogen-bond donors (Lipinski definition) is 1. The van der Waals surface area contributed by atoms with Gasteiger partial charge in [-0.2, -0.15) is 13.2 Å². The van der Waals surface area contributed by atoms with Gasteiger partial charge in [-0.25, -0.2) is 4.98 Å². The van der Waals surface area contributed by atoms with Gasteiger partial charge in [0.2, 0.25) is 5.88 Å². The van der Waals surface area contributed by atoms with E-state index >= 15 is 0 Å². The Labute approximate surface area is 120 Å². The molecule has 2 aromatic rings. The molecule has 0 saturated carbocycles. The zero-order chi connectivity index (χ0) is 15.3. The smallest absolute Gasteiger partial charge is 0.422 e. The van der Waals surface area contributed by atoms with Crippen molar-refractivity contribution in [2.75, 3.05) is 11.9 Å². The Morgan fingerprint density at radius 1 is 1.14 bits per heavy atom. The summed E-state index contributed by atoms with van der Waals surface area (Å²) in [6.07, 6.45) is -2.91. The first-order valence-electron chi connectivity index (χ1n) is 6.41. The molecule has 0 radical (unpaired) electrons. The summed E-state index contributed by atoms with van der Waals surface area (Å²) in [6.45, 7) is 0.649. The molecule has 0 amide bonds. The third-order valence-electron chi connectivity index (χ3n) is 2.80. The van der Waals surface area contributed by atoms with Crippen molar-refractivity contribution in [1.82, 2.24) is 4.98 Å². The maximum absolute atomic E-state index is 12.0. The SMILES string of the molecule is CC(Nc1ccc(OCC(F)(F)F)nc1)c1ccccc1. The minimum atomic E-state index is -4.36. The molecule has 112 valence electrons. The molecule has 2 rings (SSSR count). The molecular weight excluding hydrogens is 281 g/mol. The van der Waals surface area contributed by atoms with Crippen LogP contribution in [-0.2, 0) is 0 Å². The fraction of sp³-hybridized carbons (Fsp3) is 0.267. The Balaban J connectivity index is 1.93. The van der Waals surface area contributed by atoms with Crippen molar-refractivity contribution in [3.63, 3.8) is 0 Å². The molecule has 0 aliphatic rings. The van der Waals surface area contributed by atoms with Crippen LogP contribution in [-0.4, -0.2) is 17.8 Å². The number of anilines is 1.